The van der Waals surface area contributed by atoms with Crippen molar-refractivity contribution in [2.45, 2.75) is 66.0 Å². The van der Waals surface area contributed by atoms with E-state index in [1.54, 1.807) is 0 Å². The maximum Gasteiger partial charge on any atom is 0.339 e. The number of esters is 1. The van der Waals surface area contributed by atoms with Crippen LogP contribution in [0.1, 0.15) is 68.0 Å². The molecular weight excluding hydrogens is 436 g/mol. The summed E-state index contributed by atoms with van der Waals surface area (Å²) >= 11 is 0. The van der Waals surface area contributed by atoms with Gasteiger partial charge in [-0.3, -0.25) is 0 Å². The fourth-order valence-corrected chi connectivity index (χ4v) is 4.11. The molecule has 0 aliphatic heterocycles. The molecule has 0 aliphatic rings. The predicted molar refractivity (Wildman–Crippen MR) is 141 cm³/mol. The molecule has 0 spiro atoms. The largest absolute Gasteiger partial charge is 0.456 e. The van der Waals surface area contributed by atoms with E-state index in [-0.39, 0.29) is 5.97 Å². The van der Waals surface area contributed by atoms with Gasteiger partial charge in [-0.15, -0.1) is 0 Å². The Morgan fingerprint density at radius 2 is 1.77 bits per heavy atom. The topological polar surface area (TPSA) is 83.0 Å². The summed E-state index contributed by atoms with van der Waals surface area (Å²) in [5, 5.41) is 0. The highest BCUT2D eigenvalue weighted by Gasteiger charge is 2.21. The zero-order chi connectivity index (χ0) is 25.2. The molecule has 4 aromatic rings. The van der Waals surface area contributed by atoms with Crippen molar-refractivity contribution >= 4 is 22.8 Å². The molecular formula is C29H34N4O2. The normalized spacial score (nSPS) is 11.7. The van der Waals surface area contributed by atoms with Crippen LogP contribution in [0.5, 0.6) is 0 Å². The fourth-order valence-electron chi connectivity index (χ4n) is 4.11. The van der Waals surface area contributed by atoms with Crippen LogP contribution in [-0.2, 0) is 17.7 Å². The SMILES string of the molecule is CCCCc1nc2cc(N)c(C)nc2n1Cc1ccc(-c2ccccc2C(=O)OC(C)(C)C)cc1. The molecule has 35 heavy (non-hydrogen) atoms. The number of aromatic nitrogens is 3. The van der Waals surface area contributed by atoms with Gasteiger partial charge >= 0.3 is 5.97 Å². The molecule has 0 fully saturated rings. The van der Waals surface area contributed by atoms with E-state index in [2.05, 4.69) is 35.8 Å². The van der Waals surface area contributed by atoms with Crippen LogP contribution in [0, 0.1) is 6.92 Å². The number of nitrogens with zero attached hydrogens (tertiary/aromatic N) is 3. The second-order valence-electron chi connectivity index (χ2n) is 9.97. The van der Waals surface area contributed by atoms with Crippen LogP contribution < -0.4 is 5.73 Å². The highest BCUT2D eigenvalue weighted by atomic mass is 16.6. The van der Waals surface area contributed by atoms with Crippen LogP contribution in [0.2, 0.25) is 0 Å². The first kappa shape index (κ1) is 24.5. The van der Waals surface area contributed by atoms with Gasteiger partial charge in [-0.05, 0) is 62.9 Å². The molecule has 0 unspecified atom stereocenters. The number of ether oxygens (including phenoxy) is 1. The Kier molecular flexibility index (Phi) is 6.92. The van der Waals surface area contributed by atoms with E-state index in [0.29, 0.717) is 17.8 Å². The first-order chi connectivity index (χ1) is 16.7. The van der Waals surface area contributed by atoms with Gasteiger partial charge in [-0.1, -0.05) is 55.8 Å². The van der Waals surface area contributed by atoms with E-state index in [4.69, 9.17) is 20.4 Å². The fraction of sp³-hybridized carbons (Fsp3) is 0.345. The number of nitrogens with two attached hydrogens (primary N) is 1. The van der Waals surface area contributed by atoms with Crippen molar-refractivity contribution in [2.24, 2.45) is 0 Å². The van der Waals surface area contributed by atoms with Gasteiger partial charge in [0.25, 0.3) is 0 Å². The number of benzene rings is 2. The van der Waals surface area contributed by atoms with Gasteiger partial charge in [0.2, 0.25) is 0 Å². The molecule has 2 aromatic heterocycles. The lowest BCUT2D eigenvalue weighted by Gasteiger charge is -2.20. The highest BCUT2D eigenvalue weighted by Crippen LogP contribution is 2.27. The Morgan fingerprint density at radius 1 is 1.06 bits per heavy atom. The van der Waals surface area contributed by atoms with Crippen molar-refractivity contribution in [1.82, 2.24) is 14.5 Å². The van der Waals surface area contributed by atoms with Crippen LogP contribution in [0.25, 0.3) is 22.3 Å². The molecule has 0 bridgehead atoms. The number of anilines is 1. The van der Waals surface area contributed by atoms with Gasteiger partial charge in [-0.25, -0.2) is 14.8 Å². The van der Waals surface area contributed by atoms with Crippen LogP contribution in [0.4, 0.5) is 5.69 Å². The van der Waals surface area contributed by atoms with Gasteiger partial charge in [0, 0.05) is 6.42 Å². The minimum Gasteiger partial charge on any atom is -0.456 e. The van der Waals surface area contributed by atoms with Crippen molar-refractivity contribution in [3.63, 3.8) is 0 Å². The monoisotopic (exact) mass is 470 g/mol. The van der Waals surface area contributed by atoms with Crippen molar-refractivity contribution in [1.29, 1.82) is 0 Å². The van der Waals surface area contributed by atoms with E-state index in [1.165, 1.54) is 0 Å². The number of carbonyl (C=O) groups is 1. The Hall–Kier alpha value is -3.67. The number of nitrogen functional groups attached to an aromatic ring is 1. The third-order valence-electron chi connectivity index (χ3n) is 5.93. The van der Waals surface area contributed by atoms with Gasteiger partial charge in [-0.2, -0.15) is 0 Å². The molecule has 6 heteroatoms. The summed E-state index contributed by atoms with van der Waals surface area (Å²) in [6, 6.07) is 17.8. The molecule has 0 aliphatic carbocycles. The van der Waals surface area contributed by atoms with Crippen LogP contribution in [-0.4, -0.2) is 26.1 Å². The van der Waals surface area contributed by atoms with Gasteiger partial charge in [0.15, 0.2) is 5.65 Å². The van der Waals surface area contributed by atoms with E-state index in [9.17, 15) is 4.79 Å². The Balaban J connectivity index is 1.65. The van der Waals surface area contributed by atoms with Crippen LogP contribution in [0.3, 0.4) is 0 Å². The number of fused-ring (bicyclic) bond motifs is 1. The van der Waals surface area contributed by atoms with Crippen molar-refractivity contribution in [3.8, 4) is 11.1 Å². The molecule has 182 valence electrons. The minimum absolute atomic E-state index is 0.316. The van der Waals surface area contributed by atoms with Gasteiger partial charge < -0.3 is 15.0 Å². The molecule has 0 radical (unpaired) electrons. The summed E-state index contributed by atoms with van der Waals surface area (Å²) in [6.45, 7) is 10.4. The van der Waals surface area contributed by atoms with Gasteiger partial charge in [0.05, 0.1) is 23.5 Å². The number of imidazole rings is 1. The number of hydrogen-bond donors (Lipinski definition) is 1. The number of rotatable bonds is 7. The molecule has 0 saturated heterocycles. The van der Waals surface area contributed by atoms with E-state index in [0.717, 1.165) is 58.6 Å². The number of pyridine rings is 1. The summed E-state index contributed by atoms with van der Waals surface area (Å²) in [5.74, 6) is 0.710. The minimum atomic E-state index is -0.547. The molecule has 0 saturated carbocycles. The lowest BCUT2D eigenvalue weighted by molar-refractivity contribution is 0.00704. The van der Waals surface area contributed by atoms with E-state index < -0.39 is 5.60 Å². The number of carbonyl (C=O) groups excluding carboxylic acids is 1. The number of hydrogen-bond acceptors (Lipinski definition) is 5. The molecule has 0 atom stereocenters. The maximum atomic E-state index is 12.8. The second-order valence-corrected chi connectivity index (χ2v) is 9.97. The third kappa shape index (κ3) is 5.53. The standard InChI is InChI=1S/C29H34N4O2/c1-6-7-12-26-32-25-17-24(30)19(2)31-27(25)33(26)18-20-13-15-21(16-14-20)22-10-8-9-11-23(22)28(34)35-29(3,4)5/h8-11,13-17H,6-7,12,18,30H2,1-5H3. The van der Waals surface area contributed by atoms with Crippen molar-refractivity contribution in [2.75, 3.05) is 5.73 Å². The van der Waals surface area contributed by atoms with Gasteiger partial charge in [0.1, 0.15) is 16.9 Å². The first-order valence-electron chi connectivity index (χ1n) is 12.2. The maximum absolute atomic E-state index is 12.8. The van der Waals surface area contributed by atoms with E-state index in [1.807, 2.05) is 58.0 Å². The summed E-state index contributed by atoms with van der Waals surface area (Å²) in [4.78, 5) is 22.4. The number of unbranched alkanes of at least 4 members (excludes halogenated alkanes) is 1. The van der Waals surface area contributed by atoms with Crippen LogP contribution in [0.15, 0.2) is 54.6 Å². The number of aryl methyl sites for hydroxylation is 2. The summed E-state index contributed by atoms with van der Waals surface area (Å²) in [5.41, 5.74) is 12.3. The first-order valence-corrected chi connectivity index (χ1v) is 12.2. The summed E-state index contributed by atoms with van der Waals surface area (Å²) in [7, 11) is 0. The summed E-state index contributed by atoms with van der Waals surface area (Å²) in [6.07, 6.45) is 3.06. The zero-order valence-electron chi connectivity index (χ0n) is 21.3. The zero-order valence-corrected chi connectivity index (χ0v) is 21.3. The Labute approximate surface area is 207 Å². The highest BCUT2D eigenvalue weighted by molar-refractivity contribution is 5.97. The summed E-state index contributed by atoms with van der Waals surface area (Å²) < 4.78 is 7.81. The lowest BCUT2D eigenvalue weighted by Crippen LogP contribution is -2.24. The lowest BCUT2D eigenvalue weighted by atomic mass is 9.98. The Bertz CT molecular complexity index is 1350. The average Bonchev–Trinajstić information content (AvgIpc) is 3.13. The van der Waals surface area contributed by atoms with E-state index >= 15 is 0 Å². The molecule has 6 nitrogen and oxygen atoms in total. The Morgan fingerprint density at radius 3 is 2.46 bits per heavy atom. The van der Waals surface area contributed by atoms with Crippen molar-refractivity contribution < 1.29 is 9.53 Å². The van der Waals surface area contributed by atoms with Crippen LogP contribution >= 0.6 is 0 Å². The predicted octanol–water partition coefficient (Wildman–Crippen LogP) is 6.34. The third-order valence-corrected chi connectivity index (χ3v) is 5.93. The molecule has 0 amide bonds. The second kappa shape index (κ2) is 9.90. The molecule has 4 rings (SSSR count). The smallest absolute Gasteiger partial charge is 0.339 e. The quantitative estimate of drug-likeness (QED) is 0.319. The molecule has 2 N–H and O–H groups in total. The molecule has 2 aromatic carbocycles. The average molecular weight is 471 g/mol. The van der Waals surface area contributed by atoms with Crippen molar-refractivity contribution in [3.05, 3.63) is 77.2 Å². The molecule has 2 heterocycles.